The Hall–Kier alpha value is -3.60. The van der Waals surface area contributed by atoms with Crippen LogP contribution in [-0.4, -0.2) is 0 Å². The van der Waals surface area contributed by atoms with Gasteiger partial charge < -0.3 is 6.42 Å². The van der Waals surface area contributed by atoms with Gasteiger partial charge in [0.05, 0.1) is 0 Å². The molecule has 2 aromatic rings. The standard InChI is InChI=1S/C48H57/c1-7-15-39(33-41-32-37(5)43(29-23-35(41)3)47-44-19-12-13-20-45(44)47)24-22-34(2)40-27-25-38(26-28-40)30-31-48(6,42-17-9-8-10-18-42)46-21-14-11-16-36(46)4/h8-14,16-21,25-29,31-32,34,36,39,44-47H,7,15,22,24,30,33H2,1-6H3/q-1. The minimum Gasteiger partial charge on any atom is -0.314 e. The normalized spacial score (nSPS) is 26.8. The summed E-state index contributed by atoms with van der Waals surface area (Å²) in [5.41, 5.74) is 13.7. The third-order valence-corrected chi connectivity index (χ3v) is 12.1. The minimum atomic E-state index is -0.0286. The van der Waals surface area contributed by atoms with Crippen molar-refractivity contribution in [1.82, 2.24) is 0 Å². The largest absolute Gasteiger partial charge is 0.314 e. The molecule has 0 radical (unpaired) electrons. The lowest BCUT2D eigenvalue weighted by atomic mass is 9.63. The molecule has 1 fully saturated rings. The molecule has 0 spiro atoms. The SMILES string of the molecule is CCCC(CCC(C)c1ccc(C[CH-]C(C)(c2ccccc2)C2C=CC=CC2C)cc1)CC1=CC(C)=C(C2C3C=CC=CC32)C=C=C1C. The van der Waals surface area contributed by atoms with Gasteiger partial charge in [0, 0.05) is 0 Å². The first-order valence-electron chi connectivity index (χ1n) is 18.8. The third kappa shape index (κ3) is 7.66. The molecule has 250 valence electrons. The molecule has 6 rings (SSSR count). The summed E-state index contributed by atoms with van der Waals surface area (Å²) in [6.45, 7) is 14.2. The minimum absolute atomic E-state index is 0.0286. The first-order valence-corrected chi connectivity index (χ1v) is 18.8. The van der Waals surface area contributed by atoms with Crippen molar-refractivity contribution in [3.8, 4) is 0 Å². The van der Waals surface area contributed by atoms with Gasteiger partial charge in [-0.3, -0.25) is 0 Å². The van der Waals surface area contributed by atoms with Gasteiger partial charge in [0.15, 0.2) is 0 Å². The van der Waals surface area contributed by atoms with E-state index in [9.17, 15) is 0 Å². The second-order valence-electron chi connectivity index (χ2n) is 15.5. The Kier molecular flexibility index (Phi) is 10.9. The fraction of sp³-hybridized carbons (Fsp3) is 0.417. The number of rotatable bonds is 14. The van der Waals surface area contributed by atoms with Crippen LogP contribution in [0.15, 0.2) is 143 Å². The van der Waals surface area contributed by atoms with Crippen molar-refractivity contribution < 1.29 is 0 Å². The highest BCUT2D eigenvalue weighted by molar-refractivity contribution is 5.49. The molecule has 2 aromatic carbocycles. The van der Waals surface area contributed by atoms with E-state index in [1.165, 1.54) is 64.7 Å². The topological polar surface area (TPSA) is 0 Å². The summed E-state index contributed by atoms with van der Waals surface area (Å²) in [6, 6.07) is 20.6. The van der Waals surface area contributed by atoms with Crippen LogP contribution < -0.4 is 0 Å². The van der Waals surface area contributed by atoms with E-state index in [4.69, 9.17) is 0 Å². The predicted octanol–water partition coefficient (Wildman–Crippen LogP) is 12.8. The zero-order valence-electron chi connectivity index (χ0n) is 30.3. The van der Waals surface area contributed by atoms with Gasteiger partial charge in [-0.05, 0) is 108 Å². The maximum atomic E-state index is 3.71. The molecule has 4 aliphatic carbocycles. The molecule has 48 heavy (non-hydrogen) atoms. The van der Waals surface area contributed by atoms with Crippen LogP contribution in [0.2, 0.25) is 0 Å². The van der Waals surface area contributed by atoms with E-state index in [1.807, 2.05) is 0 Å². The third-order valence-electron chi connectivity index (χ3n) is 12.1. The molecular formula is C48H57-. The molecule has 0 saturated heterocycles. The maximum Gasteiger partial charge on any atom is -0.00154 e. The highest BCUT2D eigenvalue weighted by Gasteiger charge is 2.49. The van der Waals surface area contributed by atoms with Gasteiger partial charge in [-0.15, -0.1) is 11.1 Å². The van der Waals surface area contributed by atoms with Crippen LogP contribution in [0.1, 0.15) is 96.3 Å². The van der Waals surface area contributed by atoms with E-state index in [0.29, 0.717) is 41.4 Å². The Morgan fingerprint density at radius 2 is 1.52 bits per heavy atom. The van der Waals surface area contributed by atoms with Crippen molar-refractivity contribution in [2.45, 2.75) is 91.4 Å². The van der Waals surface area contributed by atoms with Crippen molar-refractivity contribution in [3.63, 3.8) is 0 Å². The van der Waals surface area contributed by atoms with Gasteiger partial charge in [0.25, 0.3) is 0 Å². The summed E-state index contributed by atoms with van der Waals surface area (Å²) >= 11 is 0. The predicted molar refractivity (Wildman–Crippen MR) is 207 cm³/mol. The van der Waals surface area contributed by atoms with Gasteiger partial charge in [0.1, 0.15) is 0 Å². The van der Waals surface area contributed by atoms with Crippen molar-refractivity contribution in [2.75, 3.05) is 0 Å². The zero-order valence-corrected chi connectivity index (χ0v) is 30.3. The molecule has 0 heteroatoms. The number of hydrogen-bond acceptors (Lipinski definition) is 0. The Morgan fingerprint density at radius 3 is 2.21 bits per heavy atom. The van der Waals surface area contributed by atoms with Gasteiger partial charge in [-0.1, -0.05) is 161 Å². The second-order valence-corrected chi connectivity index (χ2v) is 15.5. The lowest BCUT2D eigenvalue weighted by molar-refractivity contribution is 0.328. The van der Waals surface area contributed by atoms with Crippen LogP contribution in [0.4, 0.5) is 0 Å². The lowest BCUT2D eigenvalue weighted by Gasteiger charge is -2.48. The molecule has 0 bridgehead atoms. The van der Waals surface area contributed by atoms with E-state index in [2.05, 4.69) is 169 Å². The summed E-state index contributed by atoms with van der Waals surface area (Å²) in [4.78, 5) is 0. The molecule has 0 heterocycles. The van der Waals surface area contributed by atoms with Crippen LogP contribution in [0.3, 0.4) is 0 Å². The molecule has 0 amide bonds. The molecule has 0 aromatic heterocycles. The van der Waals surface area contributed by atoms with Crippen molar-refractivity contribution >= 4 is 0 Å². The second kappa shape index (κ2) is 15.3. The average molecular weight is 634 g/mol. The van der Waals surface area contributed by atoms with E-state index in [-0.39, 0.29) is 5.41 Å². The highest BCUT2D eigenvalue weighted by Crippen LogP contribution is 2.55. The summed E-state index contributed by atoms with van der Waals surface area (Å²) < 4.78 is 0. The van der Waals surface area contributed by atoms with Crippen LogP contribution in [0, 0.1) is 41.9 Å². The average Bonchev–Trinajstić information content (AvgIpc) is 3.85. The quantitative estimate of drug-likeness (QED) is 0.143. The first-order chi connectivity index (χ1) is 23.3. The monoisotopic (exact) mass is 633 g/mol. The number of allylic oxidation sites excluding steroid dienone is 13. The summed E-state index contributed by atoms with van der Waals surface area (Å²) in [5.74, 6) is 4.23. The van der Waals surface area contributed by atoms with Gasteiger partial charge in [-0.25, -0.2) is 0 Å². The summed E-state index contributed by atoms with van der Waals surface area (Å²) in [5, 5.41) is 0. The number of hydrogen-bond donors (Lipinski definition) is 0. The Balaban J connectivity index is 1.07. The number of fused-ring (bicyclic) bond motifs is 1. The highest BCUT2D eigenvalue weighted by atomic mass is 14.5. The first kappa shape index (κ1) is 34.3. The molecular weight excluding hydrogens is 577 g/mol. The fourth-order valence-corrected chi connectivity index (χ4v) is 8.81. The van der Waals surface area contributed by atoms with Gasteiger partial charge in [0.2, 0.25) is 0 Å². The van der Waals surface area contributed by atoms with Gasteiger partial charge in [-0.2, -0.15) is 6.42 Å². The summed E-state index contributed by atoms with van der Waals surface area (Å²) in [7, 11) is 0. The number of benzene rings is 2. The Bertz CT molecular complexity index is 1640. The molecule has 1 saturated carbocycles. The molecule has 0 nitrogen and oxygen atoms in total. The van der Waals surface area contributed by atoms with Crippen molar-refractivity contribution in [3.05, 3.63) is 166 Å². The van der Waals surface area contributed by atoms with Crippen molar-refractivity contribution in [1.29, 1.82) is 0 Å². The molecule has 4 aliphatic rings. The van der Waals surface area contributed by atoms with Crippen LogP contribution in [-0.2, 0) is 11.8 Å². The van der Waals surface area contributed by atoms with Crippen LogP contribution in [0.25, 0.3) is 0 Å². The maximum absolute atomic E-state index is 3.71. The smallest absolute Gasteiger partial charge is 0.00154 e. The van der Waals surface area contributed by atoms with Crippen LogP contribution in [0.5, 0.6) is 0 Å². The molecule has 0 N–H and O–H groups in total. The van der Waals surface area contributed by atoms with Gasteiger partial charge >= 0.3 is 0 Å². The molecule has 7 atom stereocenters. The zero-order chi connectivity index (χ0) is 33.7. The lowest BCUT2D eigenvalue weighted by Crippen LogP contribution is -2.36. The van der Waals surface area contributed by atoms with Crippen molar-refractivity contribution in [2.24, 2.45) is 35.5 Å². The van der Waals surface area contributed by atoms with E-state index in [0.717, 1.165) is 12.8 Å². The fourth-order valence-electron chi connectivity index (χ4n) is 8.81. The Morgan fingerprint density at radius 1 is 0.833 bits per heavy atom. The van der Waals surface area contributed by atoms with E-state index in [1.54, 1.807) is 0 Å². The summed E-state index contributed by atoms with van der Waals surface area (Å²) in [6.07, 6.45) is 33.0. The van der Waals surface area contributed by atoms with E-state index < -0.39 is 0 Å². The van der Waals surface area contributed by atoms with E-state index >= 15 is 0 Å². The molecule has 0 aliphatic heterocycles. The molecule has 7 unspecified atom stereocenters. The Labute approximate surface area is 292 Å². The van der Waals surface area contributed by atoms with Crippen LogP contribution >= 0.6 is 0 Å².